The third-order valence-electron chi connectivity index (χ3n) is 3.09. The van der Waals surface area contributed by atoms with Gasteiger partial charge in [-0.15, -0.1) is 0 Å². The van der Waals surface area contributed by atoms with E-state index in [1.54, 1.807) is 0 Å². The molecule has 0 fully saturated rings. The topological polar surface area (TPSA) is 12.0 Å². The normalized spacial score (nSPS) is 26.2. The number of fused-ring (bicyclic) bond motifs is 1. The number of hydrogen-bond acceptors (Lipinski definition) is 1. The number of rotatable bonds is 0. The molecule has 1 aliphatic heterocycles. The van der Waals surface area contributed by atoms with Gasteiger partial charge < -0.3 is 5.32 Å². The highest BCUT2D eigenvalue weighted by atomic mass is 15.0. The van der Waals surface area contributed by atoms with Crippen LogP contribution in [0.1, 0.15) is 48.2 Å². The van der Waals surface area contributed by atoms with Gasteiger partial charge in [0.15, 0.2) is 0 Å². The van der Waals surface area contributed by atoms with Gasteiger partial charge in [0.1, 0.15) is 0 Å². The maximum atomic E-state index is 3.56. The molecule has 0 radical (unpaired) electrons. The minimum atomic E-state index is 0.518. The zero-order valence-electron chi connectivity index (χ0n) is 8.81. The van der Waals surface area contributed by atoms with Crippen LogP contribution in [-0.4, -0.2) is 0 Å². The van der Waals surface area contributed by atoms with E-state index in [-0.39, 0.29) is 0 Å². The van der Waals surface area contributed by atoms with Crippen LogP contribution in [0.15, 0.2) is 12.1 Å². The summed E-state index contributed by atoms with van der Waals surface area (Å²) in [6, 6.07) is 5.49. The van der Waals surface area contributed by atoms with E-state index in [1.807, 2.05) is 0 Å². The predicted molar refractivity (Wildman–Crippen MR) is 55.9 cm³/mol. The first-order chi connectivity index (χ1) is 6.11. The fourth-order valence-electron chi connectivity index (χ4n) is 2.55. The van der Waals surface area contributed by atoms with Gasteiger partial charge in [0.05, 0.1) is 0 Å². The Bertz CT molecular complexity index is 308. The van der Waals surface area contributed by atoms with E-state index in [0.29, 0.717) is 12.1 Å². The smallest absolute Gasteiger partial charge is 0.0303 e. The predicted octanol–water partition coefficient (Wildman–Crippen LogP) is 3.03. The summed E-state index contributed by atoms with van der Waals surface area (Å²) < 4.78 is 0. The first kappa shape index (κ1) is 8.76. The number of nitrogens with one attached hydrogen (secondary N) is 1. The van der Waals surface area contributed by atoms with Crippen LogP contribution in [0, 0.1) is 13.8 Å². The maximum absolute atomic E-state index is 3.56. The summed E-state index contributed by atoms with van der Waals surface area (Å²) in [5, 5.41) is 3.56. The van der Waals surface area contributed by atoms with Crippen molar-refractivity contribution in [2.75, 3.05) is 0 Å². The number of benzene rings is 1. The van der Waals surface area contributed by atoms with Crippen molar-refractivity contribution in [3.05, 3.63) is 34.4 Å². The van der Waals surface area contributed by atoms with Gasteiger partial charge in [0.2, 0.25) is 0 Å². The Hall–Kier alpha value is -0.820. The maximum Gasteiger partial charge on any atom is 0.0303 e. The first-order valence-electron chi connectivity index (χ1n) is 4.97. The highest BCUT2D eigenvalue weighted by Gasteiger charge is 2.26. The highest BCUT2D eigenvalue weighted by Crippen LogP contribution is 2.36. The number of aryl methyl sites for hydroxylation is 2. The van der Waals surface area contributed by atoms with Gasteiger partial charge >= 0.3 is 0 Å². The molecule has 0 saturated heterocycles. The molecule has 0 aromatic heterocycles. The molecular weight excluding hydrogens is 158 g/mol. The van der Waals surface area contributed by atoms with E-state index < -0.39 is 0 Å². The van der Waals surface area contributed by atoms with E-state index >= 15 is 0 Å². The lowest BCUT2D eigenvalue weighted by Crippen LogP contribution is -2.12. The molecule has 1 aromatic rings. The molecule has 0 amide bonds. The monoisotopic (exact) mass is 175 g/mol. The van der Waals surface area contributed by atoms with Crippen LogP contribution < -0.4 is 5.32 Å². The Morgan fingerprint density at radius 1 is 0.923 bits per heavy atom. The molecule has 0 spiro atoms. The van der Waals surface area contributed by atoms with Crippen molar-refractivity contribution in [1.82, 2.24) is 5.32 Å². The van der Waals surface area contributed by atoms with E-state index in [0.717, 1.165) is 0 Å². The lowest BCUT2D eigenvalue weighted by atomic mass is 9.94. The average Bonchev–Trinajstić information content (AvgIpc) is 2.36. The molecule has 0 aliphatic carbocycles. The van der Waals surface area contributed by atoms with Gasteiger partial charge in [-0.1, -0.05) is 12.1 Å². The molecule has 1 aliphatic rings. The van der Waals surface area contributed by atoms with Crippen LogP contribution in [0.2, 0.25) is 0 Å². The zero-order chi connectivity index (χ0) is 9.59. The van der Waals surface area contributed by atoms with Crippen LogP contribution in [0.4, 0.5) is 0 Å². The Morgan fingerprint density at radius 3 is 1.69 bits per heavy atom. The van der Waals surface area contributed by atoms with Crippen molar-refractivity contribution < 1.29 is 0 Å². The van der Waals surface area contributed by atoms with Crippen molar-refractivity contribution in [2.24, 2.45) is 0 Å². The zero-order valence-corrected chi connectivity index (χ0v) is 8.81. The minimum Gasteiger partial charge on any atom is -0.304 e. The lowest BCUT2D eigenvalue weighted by molar-refractivity contribution is 0.551. The fourth-order valence-corrected chi connectivity index (χ4v) is 2.55. The van der Waals surface area contributed by atoms with Crippen molar-refractivity contribution in [2.45, 2.75) is 39.8 Å². The van der Waals surface area contributed by atoms with Gasteiger partial charge in [-0.2, -0.15) is 0 Å². The van der Waals surface area contributed by atoms with Crippen molar-refractivity contribution in [1.29, 1.82) is 0 Å². The highest BCUT2D eigenvalue weighted by molar-refractivity contribution is 5.46. The molecule has 1 heterocycles. The summed E-state index contributed by atoms with van der Waals surface area (Å²) in [4.78, 5) is 0. The summed E-state index contributed by atoms with van der Waals surface area (Å²) in [5.41, 5.74) is 5.88. The lowest BCUT2D eigenvalue weighted by Gasteiger charge is -2.10. The standard InChI is InChI=1S/C12H17N/c1-7-5-6-8(2)12-10(4)13-9(3)11(7)12/h5-6,9-10,13H,1-4H3/t9-,10+. The summed E-state index contributed by atoms with van der Waals surface area (Å²) in [6.45, 7) is 8.90. The molecule has 1 nitrogen and oxygen atoms in total. The molecule has 0 saturated carbocycles. The van der Waals surface area contributed by atoms with Gasteiger partial charge in [-0.05, 0) is 49.9 Å². The molecule has 2 atom stereocenters. The van der Waals surface area contributed by atoms with E-state index in [1.165, 1.54) is 22.3 Å². The molecule has 1 N–H and O–H groups in total. The second-order valence-corrected chi connectivity index (χ2v) is 4.14. The number of hydrogen-bond donors (Lipinski definition) is 1. The van der Waals surface area contributed by atoms with Gasteiger partial charge in [0, 0.05) is 12.1 Å². The second kappa shape index (κ2) is 2.85. The van der Waals surface area contributed by atoms with Crippen molar-refractivity contribution in [3.8, 4) is 0 Å². The quantitative estimate of drug-likeness (QED) is 0.639. The molecule has 70 valence electrons. The summed E-state index contributed by atoms with van der Waals surface area (Å²) in [7, 11) is 0. The van der Waals surface area contributed by atoms with E-state index in [9.17, 15) is 0 Å². The Labute approximate surface area is 80.2 Å². The second-order valence-electron chi connectivity index (χ2n) is 4.14. The van der Waals surface area contributed by atoms with E-state index in [4.69, 9.17) is 0 Å². The average molecular weight is 175 g/mol. The first-order valence-corrected chi connectivity index (χ1v) is 4.97. The third-order valence-corrected chi connectivity index (χ3v) is 3.09. The molecule has 0 bridgehead atoms. The fraction of sp³-hybridized carbons (Fsp3) is 0.500. The molecule has 0 unspecified atom stereocenters. The van der Waals surface area contributed by atoms with Crippen molar-refractivity contribution >= 4 is 0 Å². The molecule has 1 aromatic carbocycles. The summed E-state index contributed by atoms with van der Waals surface area (Å²) in [5.74, 6) is 0. The van der Waals surface area contributed by atoms with Gasteiger partial charge in [-0.3, -0.25) is 0 Å². The Kier molecular flexibility index (Phi) is 1.92. The van der Waals surface area contributed by atoms with Crippen molar-refractivity contribution in [3.63, 3.8) is 0 Å². The third kappa shape index (κ3) is 1.19. The SMILES string of the molecule is Cc1ccc(C)c2c1[C@H](C)N[C@@H]2C. The largest absolute Gasteiger partial charge is 0.304 e. The molecule has 2 rings (SSSR count). The van der Waals surface area contributed by atoms with Crippen LogP contribution in [0.3, 0.4) is 0 Å². The van der Waals surface area contributed by atoms with E-state index in [2.05, 4.69) is 45.1 Å². The summed E-state index contributed by atoms with van der Waals surface area (Å²) in [6.07, 6.45) is 0. The summed E-state index contributed by atoms with van der Waals surface area (Å²) >= 11 is 0. The van der Waals surface area contributed by atoms with Crippen LogP contribution in [0.5, 0.6) is 0 Å². The Balaban J connectivity index is 2.67. The molecule has 1 heteroatoms. The minimum absolute atomic E-state index is 0.518. The van der Waals surface area contributed by atoms with Crippen LogP contribution in [0.25, 0.3) is 0 Å². The van der Waals surface area contributed by atoms with Crippen LogP contribution >= 0.6 is 0 Å². The molecular formula is C12H17N. The van der Waals surface area contributed by atoms with Gasteiger partial charge in [0.25, 0.3) is 0 Å². The van der Waals surface area contributed by atoms with Crippen LogP contribution in [-0.2, 0) is 0 Å². The Morgan fingerprint density at radius 2 is 1.31 bits per heavy atom. The van der Waals surface area contributed by atoms with Gasteiger partial charge in [-0.25, -0.2) is 0 Å². The molecule has 13 heavy (non-hydrogen) atoms.